The minimum atomic E-state index is -0.711. The number of anilines is 1. The van der Waals surface area contributed by atoms with Crippen molar-refractivity contribution in [2.24, 2.45) is 0 Å². The minimum absolute atomic E-state index is 0.151. The zero-order chi connectivity index (χ0) is 20.2. The number of nitrogens with zero attached hydrogens (tertiary/aromatic N) is 1. The van der Waals surface area contributed by atoms with E-state index in [1.165, 1.54) is 4.90 Å². The summed E-state index contributed by atoms with van der Waals surface area (Å²) in [4.78, 5) is 38.5. The van der Waals surface area contributed by atoms with Gasteiger partial charge in [0.25, 0.3) is 5.91 Å². The second-order valence-electron chi connectivity index (χ2n) is 6.89. The number of hydrogen-bond acceptors (Lipinski definition) is 4. The number of imide groups is 1. The lowest BCUT2D eigenvalue weighted by Gasteiger charge is -2.15. The molecule has 0 aliphatic carbocycles. The Hall–Kier alpha value is -3.61. The predicted molar refractivity (Wildman–Crippen MR) is 108 cm³/mol. The molecule has 7 nitrogen and oxygen atoms in total. The van der Waals surface area contributed by atoms with E-state index < -0.39 is 12.1 Å². The maximum atomic E-state index is 12.8. The normalized spacial score (nSPS) is 16.3. The van der Waals surface area contributed by atoms with Crippen LogP contribution in [0.5, 0.6) is 0 Å². The van der Waals surface area contributed by atoms with Crippen molar-refractivity contribution in [3.05, 3.63) is 66.6 Å². The molecule has 1 aliphatic heterocycles. The van der Waals surface area contributed by atoms with Gasteiger partial charge in [-0.3, -0.25) is 9.59 Å². The summed E-state index contributed by atoms with van der Waals surface area (Å²) in [6.07, 6.45) is 2.59. The van der Waals surface area contributed by atoms with Crippen LogP contribution in [-0.2, 0) is 16.0 Å². The van der Waals surface area contributed by atoms with Crippen LogP contribution in [0.4, 0.5) is 10.5 Å². The van der Waals surface area contributed by atoms with Gasteiger partial charge in [-0.2, -0.15) is 0 Å². The maximum absolute atomic E-state index is 12.8. The Balaban J connectivity index is 1.36. The fourth-order valence-corrected chi connectivity index (χ4v) is 3.50. The molecule has 2 aromatic carbocycles. The zero-order valence-electron chi connectivity index (χ0n) is 15.8. The Morgan fingerprint density at radius 3 is 2.72 bits per heavy atom. The second kappa shape index (κ2) is 8.18. The summed E-state index contributed by atoms with van der Waals surface area (Å²) in [6.45, 7) is 0.458. The van der Waals surface area contributed by atoms with Crippen molar-refractivity contribution in [1.82, 2.24) is 10.6 Å². The van der Waals surface area contributed by atoms with Crippen LogP contribution in [-0.4, -0.2) is 30.4 Å². The fraction of sp³-hybridized carbons (Fsp3) is 0.227. The first kappa shape index (κ1) is 18.7. The molecule has 1 aromatic heterocycles. The second-order valence-corrected chi connectivity index (χ2v) is 6.89. The van der Waals surface area contributed by atoms with E-state index in [0.717, 1.165) is 16.5 Å². The van der Waals surface area contributed by atoms with Gasteiger partial charge in [0.2, 0.25) is 5.91 Å². The van der Waals surface area contributed by atoms with E-state index in [9.17, 15) is 14.4 Å². The van der Waals surface area contributed by atoms with E-state index in [0.29, 0.717) is 18.7 Å². The molecule has 0 unspecified atom stereocenters. The molecule has 29 heavy (non-hydrogen) atoms. The summed E-state index contributed by atoms with van der Waals surface area (Å²) >= 11 is 0. The Morgan fingerprint density at radius 2 is 1.90 bits per heavy atom. The highest BCUT2D eigenvalue weighted by Gasteiger charge is 2.39. The number of urea groups is 1. The molecule has 4 amide bonds. The summed E-state index contributed by atoms with van der Waals surface area (Å²) in [6, 6.07) is 15.6. The predicted octanol–water partition coefficient (Wildman–Crippen LogP) is 3.00. The Kier molecular flexibility index (Phi) is 5.29. The van der Waals surface area contributed by atoms with Crippen LogP contribution in [0.25, 0.3) is 10.8 Å². The van der Waals surface area contributed by atoms with Crippen molar-refractivity contribution in [1.29, 1.82) is 0 Å². The highest BCUT2D eigenvalue weighted by molar-refractivity contribution is 6.24. The number of amides is 4. The molecule has 4 rings (SSSR count). The van der Waals surface area contributed by atoms with Gasteiger partial charge in [-0.15, -0.1) is 0 Å². The minimum Gasteiger partial charge on any atom is -0.469 e. The van der Waals surface area contributed by atoms with Gasteiger partial charge in [0.1, 0.15) is 11.8 Å². The lowest BCUT2D eigenvalue weighted by molar-refractivity contribution is -0.121. The molecule has 3 aromatic rings. The Labute approximate surface area is 167 Å². The quantitative estimate of drug-likeness (QED) is 0.606. The van der Waals surface area contributed by atoms with Crippen LogP contribution < -0.4 is 15.5 Å². The van der Waals surface area contributed by atoms with E-state index in [4.69, 9.17) is 4.42 Å². The summed E-state index contributed by atoms with van der Waals surface area (Å²) < 4.78 is 5.22. The standard InChI is InChI=1S/C22H21N3O4/c26-20(23-13-12-16-7-4-14-29-16)11-10-18-21(27)25(22(28)24-18)19-9-3-6-15-5-1-2-8-17(15)19/h1-9,14,18H,10-13H2,(H,23,26)(H,24,28)/t18-/m1/s1. The first-order valence-corrected chi connectivity index (χ1v) is 9.55. The summed E-state index contributed by atoms with van der Waals surface area (Å²) in [7, 11) is 0. The summed E-state index contributed by atoms with van der Waals surface area (Å²) in [5.74, 6) is 0.297. The third kappa shape index (κ3) is 3.99. The van der Waals surface area contributed by atoms with Gasteiger partial charge >= 0.3 is 6.03 Å². The molecule has 1 saturated heterocycles. The number of nitrogens with one attached hydrogen (secondary N) is 2. The maximum Gasteiger partial charge on any atom is 0.329 e. The molecule has 1 aliphatic rings. The molecule has 148 valence electrons. The number of hydrogen-bond donors (Lipinski definition) is 2. The lowest BCUT2D eigenvalue weighted by atomic mass is 10.1. The van der Waals surface area contributed by atoms with Gasteiger partial charge in [-0.05, 0) is 30.0 Å². The Bertz CT molecular complexity index is 1040. The zero-order valence-corrected chi connectivity index (χ0v) is 15.8. The van der Waals surface area contributed by atoms with Crippen molar-refractivity contribution in [3.8, 4) is 0 Å². The third-order valence-corrected chi connectivity index (χ3v) is 4.96. The molecule has 0 spiro atoms. The number of carbonyl (C=O) groups excluding carboxylic acids is 3. The van der Waals surface area contributed by atoms with E-state index in [1.54, 1.807) is 18.4 Å². The van der Waals surface area contributed by atoms with Crippen molar-refractivity contribution in [2.75, 3.05) is 11.4 Å². The topological polar surface area (TPSA) is 91.7 Å². The van der Waals surface area contributed by atoms with E-state index in [2.05, 4.69) is 10.6 Å². The van der Waals surface area contributed by atoms with Crippen molar-refractivity contribution in [3.63, 3.8) is 0 Å². The highest BCUT2D eigenvalue weighted by atomic mass is 16.3. The first-order valence-electron chi connectivity index (χ1n) is 9.55. The smallest absolute Gasteiger partial charge is 0.329 e. The third-order valence-electron chi connectivity index (χ3n) is 4.96. The van der Waals surface area contributed by atoms with Crippen molar-refractivity contribution >= 4 is 34.3 Å². The molecular weight excluding hydrogens is 370 g/mol. The van der Waals surface area contributed by atoms with E-state index in [-0.39, 0.29) is 24.7 Å². The largest absolute Gasteiger partial charge is 0.469 e. The van der Waals surface area contributed by atoms with Gasteiger partial charge in [-0.1, -0.05) is 36.4 Å². The molecule has 1 atom stereocenters. The molecular formula is C22H21N3O4. The number of carbonyl (C=O) groups is 3. The van der Waals surface area contributed by atoms with Gasteiger partial charge in [0, 0.05) is 24.8 Å². The van der Waals surface area contributed by atoms with Crippen LogP contribution in [0, 0.1) is 0 Å². The summed E-state index contributed by atoms with van der Waals surface area (Å²) in [5.41, 5.74) is 0.552. The van der Waals surface area contributed by atoms with Crippen molar-refractivity contribution < 1.29 is 18.8 Å². The molecule has 0 saturated carbocycles. The monoisotopic (exact) mass is 391 g/mol. The van der Waals surface area contributed by atoms with Gasteiger partial charge in [0.05, 0.1) is 12.0 Å². The SMILES string of the molecule is O=C(CC[C@H]1NC(=O)N(c2cccc3ccccc23)C1=O)NCCc1ccco1. The van der Waals surface area contributed by atoms with Crippen molar-refractivity contribution in [2.45, 2.75) is 25.3 Å². The van der Waals surface area contributed by atoms with Gasteiger partial charge in [-0.25, -0.2) is 9.69 Å². The fourth-order valence-electron chi connectivity index (χ4n) is 3.50. The van der Waals surface area contributed by atoms with Crippen LogP contribution in [0.2, 0.25) is 0 Å². The number of fused-ring (bicyclic) bond motifs is 1. The van der Waals surface area contributed by atoms with Gasteiger partial charge < -0.3 is 15.1 Å². The number of benzene rings is 2. The van der Waals surface area contributed by atoms with Gasteiger partial charge in [0.15, 0.2) is 0 Å². The first-order chi connectivity index (χ1) is 14.1. The van der Waals surface area contributed by atoms with Crippen LogP contribution >= 0.6 is 0 Å². The Morgan fingerprint density at radius 1 is 1.07 bits per heavy atom. The number of furan rings is 1. The highest BCUT2D eigenvalue weighted by Crippen LogP contribution is 2.29. The number of rotatable bonds is 7. The van der Waals surface area contributed by atoms with Crippen LogP contribution in [0.1, 0.15) is 18.6 Å². The molecule has 0 radical (unpaired) electrons. The molecule has 7 heteroatoms. The molecule has 0 bridgehead atoms. The van der Waals surface area contributed by atoms with Crippen LogP contribution in [0.3, 0.4) is 0 Å². The average molecular weight is 391 g/mol. The average Bonchev–Trinajstić information content (AvgIpc) is 3.34. The van der Waals surface area contributed by atoms with E-state index in [1.807, 2.05) is 42.5 Å². The van der Waals surface area contributed by atoms with Crippen LogP contribution in [0.15, 0.2) is 65.3 Å². The molecule has 1 fully saturated rings. The molecule has 2 N–H and O–H groups in total. The summed E-state index contributed by atoms with van der Waals surface area (Å²) in [5, 5.41) is 7.27. The van der Waals surface area contributed by atoms with E-state index >= 15 is 0 Å². The lowest BCUT2D eigenvalue weighted by Crippen LogP contribution is -2.33. The molecule has 2 heterocycles.